The molecule has 1 amide bonds. The van der Waals surface area contributed by atoms with Gasteiger partial charge in [0.2, 0.25) is 0 Å². The van der Waals surface area contributed by atoms with E-state index in [1.54, 1.807) is 26.2 Å². The van der Waals surface area contributed by atoms with Gasteiger partial charge in [0.1, 0.15) is 9.88 Å². The maximum Gasteiger partial charge on any atom is 0.265 e. The van der Waals surface area contributed by atoms with Gasteiger partial charge < -0.3 is 14.4 Å². The Morgan fingerprint density at radius 3 is 2.54 bits per heavy atom. The lowest BCUT2D eigenvalue weighted by atomic mass is 10.2. The summed E-state index contributed by atoms with van der Waals surface area (Å²) >= 11 is 4.92. The summed E-state index contributed by atoms with van der Waals surface area (Å²) in [4.78, 5) is 19.9. The van der Waals surface area contributed by atoms with Gasteiger partial charge in [0.05, 0.1) is 19.9 Å². The summed E-state index contributed by atoms with van der Waals surface area (Å²) in [5, 5.41) is 0.774. The van der Waals surface area contributed by atoms with Crippen molar-refractivity contribution in [1.82, 2.24) is 9.88 Å². The number of aryl methyl sites for hydroxylation is 1. The van der Waals surface area contributed by atoms with Crippen LogP contribution >= 0.6 is 27.3 Å². The maximum atomic E-state index is 13.0. The highest BCUT2D eigenvalue weighted by Crippen LogP contribution is 2.35. The quantitative estimate of drug-likeness (QED) is 0.508. The fourth-order valence-electron chi connectivity index (χ4n) is 2.81. The summed E-state index contributed by atoms with van der Waals surface area (Å²) in [5.74, 6) is 1.24. The van der Waals surface area contributed by atoms with Gasteiger partial charge in [-0.2, -0.15) is 0 Å². The molecule has 0 aliphatic carbocycles. The lowest BCUT2D eigenvalue weighted by Crippen LogP contribution is -2.26. The monoisotopic (exact) mass is 460 g/mol. The number of carbonyl (C=O) groups excluding carboxylic acids is 1. The predicted octanol–water partition coefficient (Wildman–Crippen LogP) is 5.17. The molecule has 0 spiro atoms. The summed E-state index contributed by atoms with van der Waals surface area (Å²) in [6.45, 7) is 2.38. The molecule has 0 unspecified atom stereocenters. The van der Waals surface area contributed by atoms with E-state index in [1.807, 2.05) is 49.4 Å². The number of benzene rings is 2. The Balaban J connectivity index is 1.85. The van der Waals surface area contributed by atoms with E-state index in [-0.39, 0.29) is 5.91 Å². The number of ether oxygens (including phenoxy) is 2. The number of rotatable bonds is 6. The Morgan fingerprint density at radius 2 is 1.86 bits per heavy atom. The SMILES string of the molecule is COc1ccc(-c2nc(C)c(C(=O)N(C)Cc3ccccc3Br)s2)cc1OC. The number of aromatic nitrogens is 1. The van der Waals surface area contributed by atoms with Crippen molar-refractivity contribution in [2.45, 2.75) is 13.5 Å². The third-order valence-electron chi connectivity index (χ3n) is 4.33. The molecule has 2 aromatic carbocycles. The van der Waals surface area contributed by atoms with Crippen LogP contribution in [0.5, 0.6) is 11.5 Å². The largest absolute Gasteiger partial charge is 0.493 e. The molecule has 3 rings (SSSR count). The number of nitrogens with zero attached hydrogens (tertiary/aromatic N) is 2. The third-order valence-corrected chi connectivity index (χ3v) is 6.30. The highest BCUT2D eigenvalue weighted by molar-refractivity contribution is 9.10. The van der Waals surface area contributed by atoms with Crippen LogP contribution in [0.15, 0.2) is 46.9 Å². The van der Waals surface area contributed by atoms with Gasteiger partial charge in [-0.1, -0.05) is 34.1 Å². The fourth-order valence-corrected chi connectivity index (χ4v) is 4.28. The Kier molecular flexibility index (Phi) is 6.36. The molecular weight excluding hydrogens is 440 g/mol. The standard InChI is InChI=1S/C21H21BrN2O3S/c1-13-19(21(25)24(2)12-15-7-5-6-8-16(15)22)28-20(23-13)14-9-10-17(26-3)18(11-14)27-4/h5-11H,12H2,1-4H3. The Labute approximate surface area is 177 Å². The van der Waals surface area contributed by atoms with Crippen molar-refractivity contribution in [1.29, 1.82) is 0 Å². The fraction of sp³-hybridized carbons (Fsp3) is 0.238. The van der Waals surface area contributed by atoms with Crippen molar-refractivity contribution < 1.29 is 14.3 Å². The first kappa shape index (κ1) is 20.4. The molecule has 7 heteroatoms. The third kappa shape index (κ3) is 4.20. The number of hydrogen-bond acceptors (Lipinski definition) is 5. The van der Waals surface area contributed by atoms with E-state index < -0.39 is 0 Å². The zero-order valence-electron chi connectivity index (χ0n) is 16.2. The van der Waals surface area contributed by atoms with E-state index in [9.17, 15) is 4.79 Å². The number of carbonyl (C=O) groups is 1. The lowest BCUT2D eigenvalue weighted by Gasteiger charge is -2.17. The molecule has 3 aromatic rings. The summed E-state index contributed by atoms with van der Waals surface area (Å²) in [6.07, 6.45) is 0. The summed E-state index contributed by atoms with van der Waals surface area (Å²) < 4.78 is 11.6. The molecule has 0 saturated carbocycles. The normalized spacial score (nSPS) is 10.6. The van der Waals surface area contributed by atoms with Crippen LogP contribution in [-0.2, 0) is 6.54 Å². The molecular formula is C21H21BrN2O3S. The average Bonchev–Trinajstić information content (AvgIpc) is 3.10. The van der Waals surface area contributed by atoms with Crippen LogP contribution in [-0.4, -0.2) is 37.1 Å². The highest BCUT2D eigenvalue weighted by Gasteiger charge is 2.21. The maximum absolute atomic E-state index is 13.0. The first-order valence-electron chi connectivity index (χ1n) is 8.63. The molecule has 28 heavy (non-hydrogen) atoms. The average molecular weight is 461 g/mol. The first-order chi connectivity index (χ1) is 13.4. The molecule has 0 bridgehead atoms. The van der Waals surface area contributed by atoms with Gasteiger partial charge in [-0.3, -0.25) is 4.79 Å². The predicted molar refractivity (Wildman–Crippen MR) is 115 cm³/mol. The summed E-state index contributed by atoms with van der Waals surface area (Å²) in [5.41, 5.74) is 2.66. The topological polar surface area (TPSA) is 51.7 Å². The number of hydrogen-bond donors (Lipinski definition) is 0. The molecule has 0 saturated heterocycles. The van der Waals surface area contributed by atoms with Crippen LogP contribution in [0.1, 0.15) is 20.9 Å². The molecule has 146 valence electrons. The van der Waals surface area contributed by atoms with E-state index in [0.29, 0.717) is 22.9 Å². The lowest BCUT2D eigenvalue weighted by molar-refractivity contribution is 0.0788. The minimum atomic E-state index is -0.0440. The zero-order valence-corrected chi connectivity index (χ0v) is 18.6. The number of thiazole rings is 1. The molecule has 0 aliphatic rings. The highest BCUT2D eigenvalue weighted by atomic mass is 79.9. The second-order valence-electron chi connectivity index (χ2n) is 6.26. The zero-order chi connectivity index (χ0) is 20.3. The van der Waals surface area contributed by atoms with Gasteiger partial charge >= 0.3 is 0 Å². The molecule has 0 radical (unpaired) electrons. The first-order valence-corrected chi connectivity index (χ1v) is 10.2. The Bertz CT molecular complexity index is 1000. The van der Waals surface area contributed by atoms with Gasteiger partial charge in [0.15, 0.2) is 11.5 Å². The smallest absolute Gasteiger partial charge is 0.265 e. The van der Waals surface area contributed by atoms with Gasteiger partial charge in [-0.25, -0.2) is 4.98 Å². The molecule has 0 atom stereocenters. The van der Waals surface area contributed by atoms with Crippen molar-refractivity contribution in [2.24, 2.45) is 0 Å². The van der Waals surface area contributed by atoms with Crippen molar-refractivity contribution >= 4 is 33.2 Å². The summed E-state index contributed by atoms with van der Waals surface area (Å²) in [6, 6.07) is 13.5. The minimum absolute atomic E-state index is 0.0440. The van der Waals surface area contributed by atoms with E-state index in [2.05, 4.69) is 20.9 Å². The van der Waals surface area contributed by atoms with Crippen molar-refractivity contribution in [3.63, 3.8) is 0 Å². The minimum Gasteiger partial charge on any atom is -0.493 e. The molecule has 0 fully saturated rings. The van der Waals surface area contributed by atoms with Crippen LogP contribution in [0.4, 0.5) is 0 Å². The Morgan fingerprint density at radius 1 is 1.14 bits per heavy atom. The van der Waals surface area contributed by atoms with Crippen LogP contribution < -0.4 is 9.47 Å². The van der Waals surface area contributed by atoms with Gasteiger partial charge in [-0.05, 0) is 36.8 Å². The van der Waals surface area contributed by atoms with Crippen molar-refractivity contribution in [3.8, 4) is 22.1 Å². The van der Waals surface area contributed by atoms with Crippen molar-refractivity contribution in [2.75, 3.05) is 21.3 Å². The molecule has 5 nitrogen and oxygen atoms in total. The molecule has 1 heterocycles. The van der Waals surface area contributed by atoms with Gasteiger partial charge in [0.25, 0.3) is 5.91 Å². The molecule has 1 aromatic heterocycles. The second kappa shape index (κ2) is 8.75. The van der Waals surface area contributed by atoms with Gasteiger partial charge in [-0.15, -0.1) is 11.3 Å². The number of methoxy groups -OCH3 is 2. The van der Waals surface area contributed by atoms with Gasteiger partial charge in [0, 0.05) is 23.6 Å². The van der Waals surface area contributed by atoms with E-state index >= 15 is 0 Å². The van der Waals surface area contributed by atoms with E-state index in [0.717, 1.165) is 26.3 Å². The number of halogens is 1. The summed E-state index contributed by atoms with van der Waals surface area (Å²) in [7, 11) is 5.00. The second-order valence-corrected chi connectivity index (χ2v) is 8.11. The van der Waals surface area contributed by atoms with Crippen LogP contribution in [0, 0.1) is 6.92 Å². The Hall–Kier alpha value is -2.38. The van der Waals surface area contributed by atoms with Crippen LogP contribution in [0.25, 0.3) is 10.6 Å². The van der Waals surface area contributed by atoms with Crippen molar-refractivity contribution in [3.05, 3.63) is 63.1 Å². The van der Waals surface area contributed by atoms with Crippen LogP contribution in [0.3, 0.4) is 0 Å². The number of amides is 1. The molecule has 0 N–H and O–H groups in total. The van der Waals surface area contributed by atoms with Crippen LogP contribution in [0.2, 0.25) is 0 Å². The van der Waals surface area contributed by atoms with E-state index in [4.69, 9.17) is 9.47 Å². The molecule has 0 aliphatic heterocycles. The van der Waals surface area contributed by atoms with E-state index in [1.165, 1.54) is 11.3 Å².